The zero-order valence-corrected chi connectivity index (χ0v) is 29.3. The van der Waals surface area contributed by atoms with Crippen molar-refractivity contribution in [3.8, 4) is 11.5 Å². The summed E-state index contributed by atoms with van der Waals surface area (Å²) < 4.78 is 12.9. The molecule has 2 fully saturated rings. The maximum Gasteiger partial charge on any atom is 0.161 e. The summed E-state index contributed by atoms with van der Waals surface area (Å²) in [4.78, 5) is 4.97. The van der Waals surface area contributed by atoms with E-state index in [1.54, 1.807) is 0 Å². The van der Waals surface area contributed by atoms with E-state index in [1.807, 2.05) is 42.5 Å². The second-order valence-corrected chi connectivity index (χ2v) is 14.5. The molecule has 4 aromatic rings. The molecule has 2 spiro atoms. The molecule has 0 aliphatic carbocycles. The second-order valence-electron chi connectivity index (χ2n) is 13.7. The van der Waals surface area contributed by atoms with Crippen LogP contribution in [0.15, 0.2) is 102 Å². The lowest BCUT2D eigenvalue weighted by Gasteiger charge is -2.44. The molecule has 4 aliphatic rings. The Morgan fingerprint density at radius 2 is 1.16 bits per heavy atom. The molecule has 9 heteroatoms. The monoisotopic (exact) mass is 698 g/mol. The summed E-state index contributed by atoms with van der Waals surface area (Å²) in [5, 5.41) is 17.7. The van der Waals surface area contributed by atoms with Crippen LogP contribution < -0.4 is 14.8 Å². The Bertz CT molecular complexity index is 1740. The summed E-state index contributed by atoms with van der Waals surface area (Å²) in [5.41, 5.74) is 4.78. The number of oxime groups is 1. The third-order valence-corrected chi connectivity index (χ3v) is 11.0. The van der Waals surface area contributed by atoms with Crippen molar-refractivity contribution >= 4 is 34.6 Å². The lowest BCUT2D eigenvalue weighted by molar-refractivity contribution is -0.00180. The van der Waals surface area contributed by atoms with E-state index in [4.69, 9.17) is 32.7 Å². The fourth-order valence-electron chi connectivity index (χ4n) is 7.58. The molecular formula is C40H44Cl2N4O3. The number of halogens is 2. The molecule has 2 saturated heterocycles. The summed E-state index contributed by atoms with van der Waals surface area (Å²) in [6.07, 6.45) is 5.53. The van der Waals surface area contributed by atoms with Crippen molar-refractivity contribution in [1.82, 2.24) is 9.80 Å². The molecule has 2 N–H and O–H groups in total. The average Bonchev–Trinajstić information content (AvgIpc) is 3.32. The number of benzene rings is 4. The van der Waals surface area contributed by atoms with Crippen LogP contribution in [-0.2, 0) is 13.1 Å². The quantitative estimate of drug-likeness (QED) is 0.164. The number of nitrogens with zero attached hydrogens (tertiary/aromatic N) is 3. The smallest absolute Gasteiger partial charge is 0.161 e. The van der Waals surface area contributed by atoms with Crippen molar-refractivity contribution in [3.05, 3.63) is 124 Å². The highest BCUT2D eigenvalue weighted by atomic mass is 35.5. The topological polar surface area (TPSA) is 69.6 Å². The SMILES string of the molecule is Clc1cccc2c1OC1(CCN2)CCN(Cc2ccccc2)CC1.O/N=C1/CC2(CCN(Cc3ccccc3)CC2)Oc2c(Cl)cccc21. The third kappa shape index (κ3) is 7.86. The van der Waals surface area contributed by atoms with E-state index >= 15 is 0 Å². The highest BCUT2D eigenvalue weighted by Gasteiger charge is 2.43. The highest BCUT2D eigenvalue weighted by molar-refractivity contribution is 6.33. The van der Waals surface area contributed by atoms with E-state index in [-0.39, 0.29) is 11.2 Å². The van der Waals surface area contributed by atoms with Gasteiger partial charge in [0.05, 0.1) is 21.4 Å². The van der Waals surface area contributed by atoms with Gasteiger partial charge in [-0.25, -0.2) is 0 Å². The maximum absolute atomic E-state index is 9.47. The number of fused-ring (bicyclic) bond motifs is 2. The number of piperidine rings is 2. The van der Waals surface area contributed by atoms with Gasteiger partial charge in [0.25, 0.3) is 0 Å². The van der Waals surface area contributed by atoms with Crippen molar-refractivity contribution in [3.63, 3.8) is 0 Å². The summed E-state index contributed by atoms with van der Waals surface area (Å²) in [6.45, 7) is 6.94. The predicted molar refractivity (Wildman–Crippen MR) is 198 cm³/mol. The minimum atomic E-state index is -0.327. The van der Waals surface area contributed by atoms with Crippen molar-refractivity contribution < 1.29 is 14.7 Å². The van der Waals surface area contributed by atoms with Gasteiger partial charge in [0.1, 0.15) is 17.0 Å². The molecule has 4 aliphatic heterocycles. The first-order chi connectivity index (χ1) is 23.9. The zero-order chi connectivity index (χ0) is 33.7. The third-order valence-electron chi connectivity index (χ3n) is 10.4. The summed E-state index contributed by atoms with van der Waals surface area (Å²) >= 11 is 12.7. The molecule has 0 atom stereocenters. The number of anilines is 1. The molecule has 0 aromatic heterocycles. The Balaban J connectivity index is 0.000000154. The number of nitrogens with one attached hydrogen (secondary N) is 1. The molecule has 0 bridgehead atoms. The fraction of sp³-hybridized carbons (Fsp3) is 0.375. The first-order valence-corrected chi connectivity index (χ1v) is 18.1. The molecule has 256 valence electrons. The van der Waals surface area contributed by atoms with E-state index < -0.39 is 0 Å². The average molecular weight is 700 g/mol. The van der Waals surface area contributed by atoms with Crippen molar-refractivity contribution in [2.24, 2.45) is 5.16 Å². The lowest BCUT2D eigenvalue weighted by atomic mass is 9.82. The normalized spacial score (nSPS) is 20.5. The van der Waals surface area contributed by atoms with Crippen molar-refractivity contribution in [2.75, 3.05) is 38.0 Å². The number of rotatable bonds is 4. The molecular weight excluding hydrogens is 655 g/mol. The van der Waals surface area contributed by atoms with Crippen LogP contribution in [0, 0.1) is 0 Å². The fourth-order valence-corrected chi connectivity index (χ4v) is 8.00. The van der Waals surface area contributed by atoms with Gasteiger partial charge in [-0.05, 0) is 48.2 Å². The molecule has 0 amide bonds. The predicted octanol–water partition coefficient (Wildman–Crippen LogP) is 8.90. The first kappa shape index (κ1) is 33.7. The summed E-state index contributed by atoms with van der Waals surface area (Å²) in [5.74, 6) is 1.48. The summed E-state index contributed by atoms with van der Waals surface area (Å²) in [7, 11) is 0. The molecule has 8 rings (SSSR count). The largest absolute Gasteiger partial charge is 0.485 e. The molecule has 0 unspecified atom stereocenters. The van der Waals surface area contributed by atoms with Gasteiger partial charge in [0.2, 0.25) is 0 Å². The Morgan fingerprint density at radius 3 is 1.76 bits per heavy atom. The standard InChI is InChI=1S/C20H21ClN2O2.C20H23ClN2O/c21-17-8-4-7-16-18(22-24)13-20(25-19(16)17)9-11-23(12-10-20)14-15-5-2-1-3-6-15;21-17-7-4-8-18-19(17)24-20(9-12-22-18)10-13-23(14-11-20)15-16-5-2-1-3-6-16/h1-8,24H,9-14H2;1-8,22H,9-15H2/b22-18-;. The first-order valence-electron chi connectivity index (χ1n) is 17.4. The van der Waals surface area contributed by atoms with Crippen LogP contribution in [0.25, 0.3) is 0 Å². The molecule has 49 heavy (non-hydrogen) atoms. The van der Waals surface area contributed by atoms with Crippen LogP contribution in [0.5, 0.6) is 11.5 Å². The minimum Gasteiger partial charge on any atom is -0.485 e. The van der Waals surface area contributed by atoms with Gasteiger partial charge in [-0.2, -0.15) is 0 Å². The Hall–Kier alpha value is -3.75. The highest BCUT2D eigenvalue weighted by Crippen LogP contribution is 2.44. The molecule has 0 radical (unpaired) electrons. The molecule has 7 nitrogen and oxygen atoms in total. The van der Waals surface area contributed by atoms with E-state index in [2.05, 4.69) is 74.9 Å². The molecule has 4 aromatic carbocycles. The van der Waals surface area contributed by atoms with Gasteiger partial charge < -0.3 is 20.0 Å². The Kier molecular flexibility index (Phi) is 10.3. The lowest BCUT2D eigenvalue weighted by Crippen LogP contribution is -2.51. The number of likely N-dealkylation sites (tertiary alicyclic amines) is 2. The van der Waals surface area contributed by atoms with Crippen LogP contribution >= 0.6 is 23.2 Å². The van der Waals surface area contributed by atoms with Gasteiger partial charge in [-0.3, -0.25) is 9.80 Å². The number of para-hydroxylation sites is 2. The van der Waals surface area contributed by atoms with E-state index in [0.717, 1.165) is 94.9 Å². The van der Waals surface area contributed by atoms with Gasteiger partial charge in [-0.15, -0.1) is 0 Å². The van der Waals surface area contributed by atoms with Crippen LogP contribution in [0.2, 0.25) is 10.0 Å². The van der Waals surface area contributed by atoms with Crippen LogP contribution in [0.1, 0.15) is 55.2 Å². The van der Waals surface area contributed by atoms with E-state index in [9.17, 15) is 5.21 Å². The summed E-state index contributed by atoms with van der Waals surface area (Å²) in [6, 6.07) is 32.7. The van der Waals surface area contributed by atoms with Gasteiger partial charge >= 0.3 is 0 Å². The number of hydrogen-bond donors (Lipinski definition) is 2. The maximum atomic E-state index is 9.47. The Labute approximate surface area is 299 Å². The van der Waals surface area contributed by atoms with Crippen LogP contribution in [0.4, 0.5) is 5.69 Å². The van der Waals surface area contributed by atoms with Crippen molar-refractivity contribution in [1.29, 1.82) is 0 Å². The minimum absolute atomic E-state index is 0.0869. The van der Waals surface area contributed by atoms with Crippen LogP contribution in [0.3, 0.4) is 0 Å². The van der Waals surface area contributed by atoms with Gasteiger partial charge in [0.15, 0.2) is 5.75 Å². The Morgan fingerprint density at radius 1 is 0.633 bits per heavy atom. The van der Waals surface area contributed by atoms with Gasteiger partial charge in [-0.1, -0.05) is 101 Å². The number of hydrogen-bond acceptors (Lipinski definition) is 7. The van der Waals surface area contributed by atoms with Gasteiger partial charge in [0, 0.05) is 77.1 Å². The molecule has 0 saturated carbocycles. The van der Waals surface area contributed by atoms with E-state index in [1.165, 1.54) is 11.1 Å². The molecule has 4 heterocycles. The zero-order valence-electron chi connectivity index (χ0n) is 27.8. The van der Waals surface area contributed by atoms with E-state index in [0.29, 0.717) is 27.9 Å². The second kappa shape index (κ2) is 15.0. The van der Waals surface area contributed by atoms with Crippen LogP contribution in [-0.4, -0.2) is 64.6 Å². The number of ether oxygens (including phenoxy) is 2. The van der Waals surface area contributed by atoms with Crippen molar-refractivity contribution in [2.45, 2.75) is 62.8 Å².